The quantitative estimate of drug-likeness (QED) is 0.837. The standard InChI is InChI=1S/C17H23N3/c1-18-12-10-15-6-8-16(9-7-15)13-20(2)14-17-5-3-4-11-19-17/h3-9,11,18H,10,12-14H2,1-2H3. The van der Waals surface area contributed by atoms with Gasteiger partial charge in [-0.1, -0.05) is 30.3 Å². The van der Waals surface area contributed by atoms with Crippen molar-refractivity contribution in [1.29, 1.82) is 0 Å². The van der Waals surface area contributed by atoms with Crippen LogP contribution in [-0.4, -0.2) is 30.5 Å². The Morgan fingerprint density at radius 2 is 1.75 bits per heavy atom. The van der Waals surface area contributed by atoms with Crippen LogP contribution in [0.1, 0.15) is 16.8 Å². The molecule has 0 bridgehead atoms. The van der Waals surface area contributed by atoms with E-state index in [9.17, 15) is 0 Å². The first-order valence-electron chi connectivity index (χ1n) is 7.09. The third kappa shape index (κ3) is 4.76. The lowest BCUT2D eigenvalue weighted by Crippen LogP contribution is -2.18. The molecule has 0 saturated carbocycles. The number of pyridine rings is 1. The summed E-state index contributed by atoms with van der Waals surface area (Å²) in [5, 5.41) is 3.18. The molecule has 1 heterocycles. The van der Waals surface area contributed by atoms with Crippen molar-refractivity contribution < 1.29 is 0 Å². The van der Waals surface area contributed by atoms with E-state index in [-0.39, 0.29) is 0 Å². The van der Waals surface area contributed by atoms with E-state index in [4.69, 9.17) is 0 Å². The van der Waals surface area contributed by atoms with E-state index in [0.717, 1.165) is 31.7 Å². The molecular formula is C17H23N3. The fourth-order valence-corrected chi connectivity index (χ4v) is 2.22. The zero-order valence-electron chi connectivity index (χ0n) is 12.3. The average molecular weight is 269 g/mol. The molecule has 2 aromatic rings. The first-order valence-corrected chi connectivity index (χ1v) is 7.09. The van der Waals surface area contributed by atoms with Crippen molar-refractivity contribution in [3.63, 3.8) is 0 Å². The molecule has 0 radical (unpaired) electrons. The molecule has 0 saturated heterocycles. The highest BCUT2D eigenvalue weighted by Crippen LogP contribution is 2.09. The van der Waals surface area contributed by atoms with Gasteiger partial charge in [0, 0.05) is 19.3 Å². The topological polar surface area (TPSA) is 28.2 Å². The Hall–Kier alpha value is -1.71. The maximum atomic E-state index is 4.36. The molecule has 0 spiro atoms. The molecule has 0 atom stereocenters. The molecule has 0 aliphatic rings. The molecule has 0 aliphatic heterocycles. The van der Waals surface area contributed by atoms with Crippen LogP contribution < -0.4 is 5.32 Å². The largest absolute Gasteiger partial charge is 0.319 e. The predicted octanol–water partition coefficient (Wildman–Crippen LogP) is 2.48. The van der Waals surface area contributed by atoms with E-state index < -0.39 is 0 Å². The van der Waals surface area contributed by atoms with Gasteiger partial charge >= 0.3 is 0 Å². The van der Waals surface area contributed by atoms with E-state index >= 15 is 0 Å². The lowest BCUT2D eigenvalue weighted by Gasteiger charge is -2.16. The zero-order valence-corrected chi connectivity index (χ0v) is 12.3. The van der Waals surface area contributed by atoms with Gasteiger partial charge in [0.25, 0.3) is 0 Å². The number of aromatic nitrogens is 1. The van der Waals surface area contributed by atoms with Crippen LogP contribution in [0.5, 0.6) is 0 Å². The van der Waals surface area contributed by atoms with Crippen molar-refractivity contribution in [2.75, 3.05) is 20.6 Å². The zero-order chi connectivity index (χ0) is 14.2. The molecular weight excluding hydrogens is 246 g/mol. The molecule has 106 valence electrons. The van der Waals surface area contributed by atoms with Crippen LogP contribution in [0.15, 0.2) is 48.7 Å². The SMILES string of the molecule is CNCCc1ccc(CN(C)Cc2ccccn2)cc1. The predicted molar refractivity (Wildman–Crippen MR) is 83.5 cm³/mol. The third-order valence-electron chi connectivity index (χ3n) is 3.30. The van der Waals surface area contributed by atoms with Gasteiger partial charge in [-0.25, -0.2) is 0 Å². The number of likely N-dealkylation sites (N-methyl/N-ethyl adjacent to an activating group) is 1. The second-order valence-corrected chi connectivity index (χ2v) is 5.16. The summed E-state index contributed by atoms with van der Waals surface area (Å²) in [6.45, 7) is 2.85. The molecule has 3 heteroatoms. The molecule has 1 aromatic carbocycles. The van der Waals surface area contributed by atoms with Gasteiger partial charge in [-0.2, -0.15) is 0 Å². The Kier molecular flexibility index (Phi) is 5.71. The van der Waals surface area contributed by atoms with Gasteiger partial charge in [0.05, 0.1) is 5.69 Å². The fraction of sp³-hybridized carbons (Fsp3) is 0.353. The van der Waals surface area contributed by atoms with Crippen molar-refractivity contribution in [3.8, 4) is 0 Å². The number of nitrogens with zero attached hydrogens (tertiary/aromatic N) is 2. The summed E-state index contributed by atoms with van der Waals surface area (Å²) in [7, 11) is 4.12. The fourth-order valence-electron chi connectivity index (χ4n) is 2.22. The van der Waals surface area contributed by atoms with E-state index in [0.29, 0.717) is 0 Å². The number of nitrogens with one attached hydrogen (secondary N) is 1. The Bertz CT molecular complexity index is 493. The van der Waals surface area contributed by atoms with Crippen molar-refractivity contribution in [1.82, 2.24) is 15.2 Å². The summed E-state index contributed by atoms with van der Waals surface area (Å²) >= 11 is 0. The molecule has 0 amide bonds. The van der Waals surface area contributed by atoms with Gasteiger partial charge in [-0.05, 0) is 50.3 Å². The minimum Gasteiger partial charge on any atom is -0.319 e. The molecule has 2 rings (SSSR count). The van der Waals surface area contributed by atoms with Gasteiger partial charge in [0.1, 0.15) is 0 Å². The molecule has 1 N–H and O–H groups in total. The first kappa shape index (κ1) is 14.7. The van der Waals surface area contributed by atoms with Gasteiger partial charge in [0.15, 0.2) is 0 Å². The minimum absolute atomic E-state index is 0.877. The Morgan fingerprint density at radius 1 is 1.00 bits per heavy atom. The molecule has 1 aromatic heterocycles. The van der Waals surface area contributed by atoms with Crippen molar-refractivity contribution in [2.24, 2.45) is 0 Å². The average Bonchev–Trinajstić information content (AvgIpc) is 2.47. The Balaban J connectivity index is 1.86. The van der Waals surface area contributed by atoms with Crippen molar-refractivity contribution in [2.45, 2.75) is 19.5 Å². The minimum atomic E-state index is 0.877. The lowest BCUT2D eigenvalue weighted by atomic mass is 10.1. The maximum Gasteiger partial charge on any atom is 0.0543 e. The second-order valence-electron chi connectivity index (χ2n) is 5.16. The first-order chi connectivity index (χ1) is 9.78. The second kappa shape index (κ2) is 7.78. The molecule has 0 aliphatic carbocycles. The van der Waals surface area contributed by atoms with Gasteiger partial charge in [-0.15, -0.1) is 0 Å². The number of benzene rings is 1. The summed E-state index contributed by atoms with van der Waals surface area (Å²) in [4.78, 5) is 6.64. The van der Waals surface area contributed by atoms with Crippen LogP contribution in [0.25, 0.3) is 0 Å². The van der Waals surface area contributed by atoms with Crippen LogP contribution in [0.4, 0.5) is 0 Å². The number of hydrogen-bond donors (Lipinski definition) is 1. The van der Waals surface area contributed by atoms with Crippen LogP contribution in [0.3, 0.4) is 0 Å². The summed E-state index contributed by atoms with van der Waals surface area (Å²) in [6, 6.07) is 14.9. The monoisotopic (exact) mass is 269 g/mol. The Labute approximate surface area is 121 Å². The normalized spacial score (nSPS) is 10.9. The van der Waals surface area contributed by atoms with Crippen molar-refractivity contribution >= 4 is 0 Å². The highest BCUT2D eigenvalue weighted by atomic mass is 15.1. The lowest BCUT2D eigenvalue weighted by molar-refractivity contribution is 0.315. The Morgan fingerprint density at radius 3 is 2.40 bits per heavy atom. The summed E-state index contributed by atoms with van der Waals surface area (Å²) < 4.78 is 0. The summed E-state index contributed by atoms with van der Waals surface area (Å²) in [6.07, 6.45) is 2.93. The van der Waals surface area contributed by atoms with E-state index in [1.54, 1.807) is 0 Å². The molecule has 0 unspecified atom stereocenters. The van der Waals surface area contributed by atoms with Gasteiger partial charge < -0.3 is 5.32 Å². The smallest absolute Gasteiger partial charge is 0.0543 e. The van der Waals surface area contributed by atoms with Gasteiger partial charge in [-0.3, -0.25) is 9.88 Å². The molecule has 20 heavy (non-hydrogen) atoms. The van der Waals surface area contributed by atoms with Gasteiger partial charge in [0.2, 0.25) is 0 Å². The van der Waals surface area contributed by atoms with E-state index in [1.807, 2.05) is 25.4 Å². The summed E-state index contributed by atoms with van der Waals surface area (Å²) in [5.74, 6) is 0. The van der Waals surface area contributed by atoms with E-state index in [1.165, 1.54) is 11.1 Å². The summed E-state index contributed by atoms with van der Waals surface area (Å²) in [5.41, 5.74) is 3.84. The van der Waals surface area contributed by atoms with Crippen LogP contribution in [0, 0.1) is 0 Å². The van der Waals surface area contributed by atoms with Crippen molar-refractivity contribution in [3.05, 3.63) is 65.5 Å². The highest BCUT2D eigenvalue weighted by Gasteiger charge is 2.02. The van der Waals surface area contributed by atoms with Crippen LogP contribution in [0.2, 0.25) is 0 Å². The highest BCUT2D eigenvalue weighted by molar-refractivity contribution is 5.22. The number of hydrogen-bond acceptors (Lipinski definition) is 3. The number of rotatable bonds is 7. The van der Waals surface area contributed by atoms with Crippen LogP contribution in [-0.2, 0) is 19.5 Å². The molecule has 0 fully saturated rings. The van der Waals surface area contributed by atoms with Crippen LogP contribution >= 0.6 is 0 Å². The van der Waals surface area contributed by atoms with E-state index in [2.05, 4.69) is 52.6 Å². The molecule has 3 nitrogen and oxygen atoms in total. The maximum absolute atomic E-state index is 4.36. The third-order valence-corrected chi connectivity index (χ3v) is 3.30.